The van der Waals surface area contributed by atoms with E-state index in [2.05, 4.69) is 0 Å². The molecule has 2 aliphatic rings. The molecule has 0 fully saturated rings. The minimum atomic E-state index is -1.87. The number of aliphatic hydroxyl groups is 2. The van der Waals surface area contributed by atoms with E-state index in [1.807, 2.05) is 0 Å². The van der Waals surface area contributed by atoms with E-state index in [1.165, 1.54) is 32.2 Å². The highest BCUT2D eigenvalue weighted by Crippen LogP contribution is 2.51. The Morgan fingerprint density at radius 1 is 1.13 bits per heavy atom. The van der Waals surface area contributed by atoms with Gasteiger partial charge in [0, 0.05) is 29.0 Å². The monoisotopic (exact) mass is 412 g/mol. The van der Waals surface area contributed by atoms with Gasteiger partial charge < -0.3 is 25.2 Å². The topological polar surface area (TPSA) is 141 Å². The van der Waals surface area contributed by atoms with Gasteiger partial charge in [0.15, 0.2) is 11.6 Å². The van der Waals surface area contributed by atoms with Gasteiger partial charge in [-0.05, 0) is 19.4 Å². The van der Waals surface area contributed by atoms with Crippen molar-refractivity contribution >= 4 is 17.3 Å². The molecule has 4 rings (SSSR count). The van der Waals surface area contributed by atoms with Crippen LogP contribution in [0, 0.1) is 0 Å². The molecule has 4 N–H and O–H groups in total. The van der Waals surface area contributed by atoms with Crippen LogP contribution < -0.4 is 4.74 Å². The molecule has 0 radical (unpaired) electrons. The van der Waals surface area contributed by atoms with Crippen molar-refractivity contribution in [3.8, 4) is 17.2 Å². The summed E-state index contributed by atoms with van der Waals surface area (Å²) in [6.45, 7) is 0.641. The fourth-order valence-electron chi connectivity index (χ4n) is 4.54. The second-order valence-electron chi connectivity index (χ2n) is 7.73. The Morgan fingerprint density at radius 2 is 1.80 bits per heavy atom. The molecule has 0 amide bonds. The average Bonchev–Trinajstić information content (AvgIpc) is 2.73. The number of fused-ring (bicyclic) bond motifs is 3. The smallest absolute Gasteiger partial charge is 0.202 e. The zero-order valence-electron chi connectivity index (χ0n) is 16.4. The maximum Gasteiger partial charge on any atom is 0.202 e. The maximum atomic E-state index is 13.3. The molecule has 2 atom stereocenters. The molecule has 0 bridgehead atoms. The van der Waals surface area contributed by atoms with E-state index in [0.717, 1.165) is 0 Å². The number of phenols is 2. The van der Waals surface area contributed by atoms with Crippen LogP contribution in [-0.2, 0) is 11.2 Å². The average molecular weight is 412 g/mol. The first-order chi connectivity index (χ1) is 14.2. The first-order valence-electron chi connectivity index (χ1n) is 9.37. The summed E-state index contributed by atoms with van der Waals surface area (Å²) >= 11 is 0. The van der Waals surface area contributed by atoms with Crippen LogP contribution in [-0.4, -0.2) is 57.1 Å². The van der Waals surface area contributed by atoms with Gasteiger partial charge in [0.25, 0.3) is 0 Å². The molecule has 0 unspecified atom stereocenters. The number of ether oxygens (including phenoxy) is 1. The molecule has 0 aliphatic heterocycles. The Balaban J connectivity index is 2.05. The number of hydrogen-bond acceptors (Lipinski definition) is 8. The number of phenolic OH excluding ortho intramolecular Hbond substituents is 2. The molecule has 8 heteroatoms. The number of methoxy groups -OCH3 is 1. The van der Waals surface area contributed by atoms with Crippen molar-refractivity contribution in [2.75, 3.05) is 13.7 Å². The van der Waals surface area contributed by atoms with Gasteiger partial charge in [-0.1, -0.05) is 12.1 Å². The van der Waals surface area contributed by atoms with E-state index in [9.17, 15) is 34.8 Å². The summed E-state index contributed by atoms with van der Waals surface area (Å²) in [5, 5.41) is 42.5. The summed E-state index contributed by atoms with van der Waals surface area (Å²) in [6, 6.07) is 4.45. The standard InChI is InChI=1S/C22H20O8/c1-9(24)22(29)6-10(8-23)14-12(7-22)19(26)16-17(20(14)27)21(28)15-11(18(16)25)4-3-5-13(15)30-2/h3-5,10,23,26-27,29H,6-8H2,1-2H3/t10-,22-/m1/s1. The van der Waals surface area contributed by atoms with Crippen molar-refractivity contribution in [3.63, 3.8) is 0 Å². The lowest BCUT2D eigenvalue weighted by molar-refractivity contribution is -0.137. The number of hydrogen-bond donors (Lipinski definition) is 4. The van der Waals surface area contributed by atoms with Gasteiger partial charge in [-0.3, -0.25) is 14.4 Å². The quantitative estimate of drug-likeness (QED) is 0.471. The number of aromatic hydroxyl groups is 2. The fraction of sp³-hybridized carbons (Fsp3) is 0.318. The van der Waals surface area contributed by atoms with E-state index >= 15 is 0 Å². The molecule has 0 spiro atoms. The van der Waals surface area contributed by atoms with Crippen LogP contribution in [0.3, 0.4) is 0 Å². The molecule has 30 heavy (non-hydrogen) atoms. The number of rotatable bonds is 3. The van der Waals surface area contributed by atoms with Gasteiger partial charge in [0.05, 0.1) is 30.4 Å². The lowest BCUT2D eigenvalue weighted by Crippen LogP contribution is -2.45. The van der Waals surface area contributed by atoms with Crippen molar-refractivity contribution in [2.24, 2.45) is 0 Å². The van der Waals surface area contributed by atoms with Gasteiger partial charge in [-0.15, -0.1) is 0 Å². The van der Waals surface area contributed by atoms with Gasteiger partial charge in [-0.25, -0.2) is 0 Å². The molecule has 0 saturated heterocycles. The van der Waals surface area contributed by atoms with Crippen LogP contribution in [0.4, 0.5) is 0 Å². The van der Waals surface area contributed by atoms with E-state index in [4.69, 9.17) is 4.74 Å². The summed E-state index contributed by atoms with van der Waals surface area (Å²) in [6.07, 6.45) is -0.549. The first-order valence-corrected chi connectivity index (χ1v) is 9.37. The molecule has 2 aromatic carbocycles. The Morgan fingerprint density at radius 3 is 2.40 bits per heavy atom. The van der Waals surface area contributed by atoms with Crippen molar-refractivity contribution in [1.82, 2.24) is 0 Å². The third kappa shape index (κ3) is 2.50. The second-order valence-corrected chi connectivity index (χ2v) is 7.73. The summed E-state index contributed by atoms with van der Waals surface area (Å²) in [5.41, 5.74) is -2.62. The molecule has 0 heterocycles. The summed E-state index contributed by atoms with van der Waals surface area (Å²) in [4.78, 5) is 38.4. The van der Waals surface area contributed by atoms with E-state index in [1.54, 1.807) is 0 Å². The van der Waals surface area contributed by atoms with Crippen molar-refractivity contribution < 1.29 is 39.5 Å². The molecule has 0 saturated carbocycles. The highest BCUT2D eigenvalue weighted by atomic mass is 16.5. The Hall–Kier alpha value is -3.23. The Labute approximate surface area is 171 Å². The molecule has 2 aliphatic carbocycles. The number of Topliss-reactive ketones (excluding diaryl/α,β-unsaturated/α-hetero) is 1. The minimum Gasteiger partial charge on any atom is -0.507 e. The van der Waals surface area contributed by atoms with Gasteiger partial charge in [0.2, 0.25) is 5.78 Å². The van der Waals surface area contributed by atoms with Crippen molar-refractivity contribution in [3.05, 3.63) is 51.6 Å². The molecule has 2 aromatic rings. The van der Waals surface area contributed by atoms with Crippen LogP contribution in [0.5, 0.6) is 17.2 Å². The zero-order valence-corrected chi connectivity index (χ0v) is 16.4. The summed E-state index contributed by atoms with van der Waals surface area (Å²) in [5.74, 6) is -3.84. The fourth-order valence-corrected chi connectivity index (χ4v) is 4.54. The summed E-state index contributed by atoms with van der Waals surface area (Å²) in [7, 11) is 1.34. The number of benzene rings is 2. The molecule has 156 valence electrons. The highest BCUT2D eigenvalue weighted by Gasteiger charge is 2.47. The van der Waals surface area contributed by atoms with E-state index in [0.29, 0.717) is 0 Å². The lowest BCUT2D eigenvalue weighted by Gasteiger charge is -2.38. The van der Waals surface area contributed by atoms with Crippen molar-refractivity contribution in [1.29, 1.82) is 0 Å². The van der Waals surface area contributed by atoms with Crippen molar-refractivity contribution in [2.45, 2.75) is 31.3 Å². The van der Waals surface area contributed by atoms with Crippen LogP contribution in [0.25, 0.3) is 0 Å². The van der Waals surface area contributed by atoms with E-state index in [-0.39, 0.29) is 52.0 Å². The minimum absolute atomic E-state index is 0.0119. The number of carbonyl (C=O) groups excluding carboxylic acids is 3. The van der Waals surface area contributed by atoms with E-state index < -0.39 is 47.0 Å². The molecular formula is C22H20O8. The number of carbonyl (C=O) groups is 3. The summed E-state index contributed by atoms with van der Waals surface area (Å²) < 4.78 is 5.20. The van der Waals surface area contributed by atoms with Crippen LogP contribution in [0.15, 0.2) is 18.2 Å². The third-order valence-electron chi connectivity index (χ3n) is 6.10. The SMILES string of the molecule is COc1cccc2c1C(=O)c1c(O)c3c(c(O)c1C2=O)C[C@@](O)(C(C)=O)C[C@@H]3CO. The number of aliphatic hydroxyl groups excluding tert-OH is 1. The van der Waals surface area contributed by atoms with Gasteiger partial charge in [0.1, 0.15) is 22.8 Å². The predicted octanol–water partition coefficient (Wildman–Crippen LogP) is 1.22. The largest absolute Gasteiger partial charge is 0.507 e. The van der Waals surface area contributed by atoms with Gasteiger partial charge in [-0.2, -0.15) is 0 Å². The highest BCUT2D eigenvalue weighted by molar-refractivity contribution is 6.31. The molecule has 8 nitrogen and oxygen atoms in total. The first kappa shape index (κ1) is 20.1. The Bertz CT molecular complexity index is 1130. The predicted molar refractivity (Wildman–Crippen MR) is 103 cm³/mol. The van der Waals surface area contributed by atoms with Crippen LogP contribution >= 0.6 is 0 Å². The number of ketones is 3. The lowest BCUT2D eigenvalue weighted by atomic mass is 9.69. The maximum absolute atomic E-state index is 13.3. The second kappa shape index (κ2) is 6.65. The molecule has 0 aromatic heterocycles. The van der Waals surface area contributed by atoms with Crippen LogP contribution in [0.1, 0.15) is 62.2 Å². The van der Waals surface area contributed by atoms with Gasteiger partial charge >= 0.3 is 0 Å². The Kier molecular flexibility index (Phi) is 4.44. The molecular weight excluding hydrogens is 392 g/mol. The third-order valence-corrected chi connectivity index (χ3v) is 6.10. The normalized spacial score (nSPS) is 22.2. The van der Waals surface area contributed by atoms with Crippen LogP contribution in [0.2, 0.25) is 0 Å². The zero-order chi connectivity index (χ0) is 22.0.